The van der Waals surface area contributed by atoms with Crippen LogP contribution in [0.3, 0.4) is 0 Å². The van der Waals surface area contributed by atoms with Gasteiger partial charge in [-0.2, -0.15) is 0 Å². The van der Waals surface area contributed by atoms with Crippen molar-refractivity contribution in [2.45, 2.75) is 133 Å². The summed E-state index contributed by atoms with van der Waals surface area (Å²) in [5.41, 5.74) is 28.3. The number of aliphatic hydroxyl groups is 2. The fraction of sp³-hybridized carbons (Fsp3) is 0.385. The Bertz CT molecular complexity index is 3200. The fourth-order valence-electron chi connectivity index (χ4n) is 14.5. The number of hydrogen-bond donors (Lipinski definition) is 2. The van der Waals surface area contributed by atoms with Crippen molar-refractivity contribution >= 4 is 27.5 Å². The molecule has 0 saturated carbocycles. The van der Waals surface area contributed by atoms with Gasteiger partial charge in [0.15, 0.2) is 11.2 Å². The summed E-state index contributed by atoms with van der Waals surface area (Å²) in [5, 5.41) is 33.4. The van der Waals surface area contributed by atoms with Crippen molar-refractivity contribution in [1.29, 1.82) is 0 Å². The highest BCUT2D eigenvalue weighted by atomic mass is 16.6. The predicted octanol–water partition coefficient (Wildman–Crippen LogP) is 9.46. The maximum atomic E-state index is 14.9. The first kappa shape index (κ1) is 32.9. The summed E-state index contributed by atoms with van der Waals surface area (Å²) in [5.74, 6) is 0. The molecule has 2 N–H and O–H groups in total. The zero-order valence-corrected chi connectivity index (χ0v) is 35.3. The molecular formula is C52H50O3. The van der Waals surface area contributed by atoms with E-state index in [0.717, 1.165) is 50.1 Å². The van der Waals surface area contributed by atoms with Crippen LogP contribution in [0.1, 0.15) is 132 Å². The minimum atomic E-state index is -1.53. The van der Waals surface area contributed by atoms with Gasteiger partial charge in [-0.1, -0.05) is 0 Å². The number of hydrogen-bond acceptors (Lipinski definition) is 3. The Kier molecular flexibility index (Phi) is 5.18. The summed E-state index contributed by atoms with van der Waals surface area (Å²) in [6.07, 6.45) is 0. The first-order valence-corrected chi connectivity index (χ1v) is 20.4. The molecule has 3 heteroatoms. The minimum Gasteiger partial charge on any atom is -0.381 e. The summed E-state index contributed by atoms with van der Waals surface area (Å²) in [4.78, 5) is 0. The van der Waals surface area contributed by atoms with Gasteiger partial charge in [-0.05, 0) is 260 Å². The van der Waals surface area contributed by atoms with E-state index in [2.05, 4.69) is 104 Å². The van der Waals surface area contributed by atoms with Crippen molar-refractivity contribution in [3.63, 3.8) is 0 Å². The molecule has 3 nitrogen and oxygen atoms in total. The number of aryl methyl sites for hydroxylation is 2. The van der Waals surface area contributed by atoms with E-state index >= 15 is 0 Å². The molecule has 1 aliphatic heterocycles. The third kappa shape index (κ3) is 2.65. The fourth-order valence-corrected chi connectivity index (χ4v) is 14.5. The van der Waals surface area contributed by atoms with Crippen molar-refractivity contribution in [3.05, 3.63) is 127 Å². The van der Waals surface area contributed by atoms with Crippen LogP contribution >= 0.6 is 0 Å². The second-order valence-electron chi connectivity index (χ2n) is 19.0. The molecule has 1 saturated heterocycles. The van der Waals surface area contributed by atoms with Gasteiger partial charge in [0.1, 0.15) is 11.2 Å². The highest BCUT2D eigenvalue weighted by Crippen LogP contribution is 2.84. The van der Waals surface area contributed by atoms with Crippen LogP contribution in [0.2, 0.25) is 0 Å². The molecule has 0 radical (unpaired) electrons. The normalized spacial score (nSPS) is 27.2. The summed E-state index contributed by atoms with van der Waals surface area (Å²) in [6, 6.07) is 0. The maximum absolute atomic E-state index is 14.9. The van der Waals surface area contributed by atoms with Gasteiger partial charge in [0.05, 0.1) is 0 Å². The molecule has 5 aromatic rings. The molecular weight excluding hydrogens is 673 g/mol. The summed E-state index contributed by atoms with van der Waals surface area (Å²) >= 11 is 0. The van der Waals surface area contributed by atoms with E-state index in [-0.39, 0.29) is 0 Å². The van der Waals surface area contributed by atoms with Gasteiger partial charge >= 0.3 is 0 Å². The third-order valence-electron chi connectivity index (χ3n) is 17.5. The number of benzene rings is 5. The Balaban J connectivity index is 1.55. The molecule has 6 aliphatic carbocycles. The molecule has 2 spiro atoms. The zero-order chi connectivity index (χ0) is 39.2. The van der Waals surface area contributed by atoms with E-state index in [1.54, 1.807) is 0 Å². The lowest BCUT2D eigenvalue weighted by Crippen LogP contribution is -2.61. The van der Waals surface area contributed by atoms with Crippen molar-refractivity contribution in [2.24, 2.45) is 0 Å². The van der Waals surface area contributed by atoms with Crippen molar-refractivity contribution in [1.82, 2.24) is 0 Å². The van der Waals surface area contributed by atoms with Crippen molar-refractivity contribution < 1.29 is 14.9 Å². The average molecular weight is 723 g/mol. The molecule has 1 heterocycles. The Labute approximate surface area is 324 Å². The molecule has 0 unspecified atom stereocenters. The SMILES string of the molecule is CC1=C2C(C)=c3c(C)c(C)c(C)c4c3=C3[C@]5(O)c6c-4c(C)c(C)c(C)c6[C@](C)(O)c4c5c5c6c(c(C)c(C)c(C)c6c4C)-c4c(C)c(C)c(C)c1c4[C@@]51O[C@@]231. The first-order chi connectivity index (χ1) is 25.7. The van der Waals surface area contributed by atoms with E-state index in [1.165, 1.54) is 127 Å². The molecule has 0 bridgehead atoms. The quantitative estimate of drug-likeness (QED) is 0.157. The average Bonchev–Trinajstić information content (AvgIpc) is 3.80. The Morgan fingerprint density at radius 1 is 0.364 bits per heavy atom. The molecule has 55 heavy (non-hydrogen) atoms. The van der Waals surface area contributed by atoms with Gasteiger partial charge < -0.3 is 14.9 Å². The molecule has 276 valence electrons. The van der Waals surface area contributed by atoms with Gasteiger partial charge in [0, 0.05) is 27.8 Å². The molecule has 7 aliphatic rings. The van der Waals surface area contributed by atoms with E-state index < -0.39 is 22.4 Å². The number of rotatable bonds is 0. The maximum Gasteiger partial charge on any atom is 0.159 e. The largest absolute Gasteiger partial charge is 0.381 e. The first-order valence-electron chi connectivity index (χ1n) is 20.4. The lowest BCUT2D eigenvalue weighted by atomic mass is 9.45. The van der Waals surface area contributed by atoms with E-state index in [4.69, 9.17) is 4.74 Å². The van der Waals surface area contributed by atoms with Crippen molar-refractivity contribution in [2.75, 3.05) is 0 Å². The number of allylic oxidation sites excluding steroid dienone is 1. The predicted molar refractivity (Wildman–Crippen MR) is 223 cm³/mol. The van der Waals surface area contributed by atoms with E-state index in [1.807, 2.05) is 6.92 Å². The number of fused-ring (bicyclic) bond motifs is 2. The summed E-state index contributed by atoms with van der Waals surface area (Å²) in [6.45, 7) is 36.2. The lowest BCUT2D eigenvalue weighted by molar-refractivity contribution is 0.0622. The molecule has 1 fully saturated rings. The highest BCUT2D eigenvalue weighted by Gasteiger charge is 2.86. The highest BCUT2D eigenvalue weighted by molar-refractivity contribution is 6.18. The summed E-state index contributed by atoms with van der Waals surface area (Å²) in [7, 11) is 0. The number of ether oxygens (including phenoxy) is 1. The van der Waals surface area contributed by atoms with E-state index in [0.29, 0.717) is 0 Å². The number of epoxide rings is 1. The smallest absolute Gasteiger partial charge is 0.159 e. The summed E-state index contributed by atoms with van der Waals surface area (Å²) < 4.78 is 8.00. The standard InChI is InChI=1S/C52H50O3/c1-17-21(5)32-30(14)43-47-46-39(32)35(24(17)8)37-26(10)19(3)23(7)34-31(15)41-29(13)33-22(6)18(2)25(9)36-38-27(11)20(4)28(12)42(49(43,16)53)45(38)50(47,54)48(40(33)36)52(41)51(46,55-52)44(34)37/h53-54H,1-16H3/t49-,50-,51+,52-/m0/s1. The van der Waals surface area contributed by atoms with Crippen LogP contribution in [0.4, 0.5) is 0 Å². The minimum absolute atomic E-state index is 0.850. The van der Waals surface area contributed by atoms with Crippen LogP contribution in [0, 0.1) is 90.0 Å². The topological polar surface area (TPSA) is 53.0 Å². The van der Waals surface area contributed by atoms with Crippen molar-refractivity contribution in [3.8, 4) is 22.3 Å². The monoisotopic (exact) mass is 722 g/mol. The van der Waals surface area contributed by atoms with E-state index in [9.17, 15) is 10.2 Å². The third-order valence-corrected chi connectivity index (χ3v) is 17.5. The Hall–Kier alpha value is -4.28. The molecule has 0 aromatic heterocycles. The van der Waals surface area contributed by atoms with Crippen LogP contribution in [-0.4, -0.2) is 15.8 Å². The molecule has 12 rings (SSSR count). The van der Waals surface area contributed by atoms with Crippen LogP contribution in [0.15, 0.2) is 5.57 Å². The van der Waals surface area contributed by atoms with Crippen LogP contribution in [-0.2, 0) is 21.5 Å². The van der Waals surface area contributed by atoms with Gasteiger partial charge in [0.2, 0.25) is 0 Å². The van der Waals surface area contributed by atoms with Crippen LogP contribution in [0.25, 0.3) is 49.7 Å². The zero-order valence-electron chi connectivity index (χ0n) is 35.3. The van der Waals surface area contributed by atoms with Gasteiger partial charge in [-0.3, -0.25) is 0 Å². The van der Waals surface area contributed by atoms with Crippen LogP contribution in [0.5, 0.6) is 0 Å². The van der Waals surface area contributed by atoms with Gasteiger partial charge in [-0.25, -0.2) is 0 Å². The van der Waals surface area contributed by atoms with Crippen LogP contribution < -0.4 is 10.4 Å². The molecule has 0 amide bonds. The molecule has 5 aromatic carbocycles. The second kappa shape index (κ2) is 8.66. The Morgan fingerprint density at radius 3 is 1.53 bits per heavy atom. The van der Waals surface area contributed by atoms with Gasteiger partial charge in [-0.15, -0.1) is 0 Å². The van der Waals surface area contributed by atoms with Gasteiger partial charge in [0.25, 0.3) is 0 Å². The second-order valence-corrected chi connectivity index (χ2v) is 19.0. The lowest BCUT2D eigenvalue weighted by Gasteiger charge is -2.57. The Morgan fingerprint density at radius 2 is 0.873 bits per heavy atom. The molecule has 4 atom stereocenters.